The van der Waals surface area contributed by atoms with Crippen molar-refractivity contribution >= 4 is 35.1 Å². The molecule has 0 spiro atoms. The SMILES string of the molecule is CCC(CC)(CCOC(=O)CCCl)OC(=O)CCCl. The monoisotopic (exact) mass is 312 g/mol. The average Bonchev–Trinajstić information content (AvgIpc) is 2.38. The maximum atomic E-state index is 11.5. The Morgan fingerprint density at radius 3 is 2.00 bits per heavy atom. The number of carbonyl (C=O) groups excluding carboxylic acids is 2. The quantitative estimate of drug-likeness (QED) is 0.459. The maximum Gasteiger partial charge on any atom is 0.307 e. The minimum Gasteiger partial charge on any atom is -0.465 e. The Morgan fingerprint density at radius 2 is 1.53 bits per heavy atom. The molecule has 4 nitrogen and oxygen atoms in total. The largest absolute Gasteiger partial charge is 0.465 e. The molecule has 0 aromatic carbocycles. The molecule has 0 saturated heterocycles. The summed E-state index contributed by atoms with van der Waals surface area (Å²) >= 11 is 11.0. The Labute approximate surface area is 124 Å². The van der Waals surface area contributed by atoms with Gasteiger partial charge in [0, 0.05) is 18.2 Å². The number of rotatable bonds is 10. The molecular formula is C13H22Cl2O4. The minimum absolute atomic E-state index is 0.190. The molecule has 0 saturated carbocycles. The zero-order valence-corrected chi connectivity index (χ0v) is 13.1. The molecule has 0 aliphatic rings. The third-order valence-electron chi connectivity index (χ3n) is 3.04. The van der Waals surface area contributed by atoms with Crippen molar-refractivity contribution in [2.75, 3.05) is 18.4 Å². The summed E-state index contributed by atoms with van der Waals surface area (Å²) < 4.78 is 10.5. The van der Waals surface area contributed by atoms with Crippen LogP contribution in [0.2, 0.25) is 0 Å². The van der Waals surface area contributed by atoms with E-state index in [1.54, 1.807) is 0 Å². The average molecular weight is 313 g/mol. The number of alkyl halides is 2. The van der Waals surface area contributed by atoms with Crippen LogP contribution < -0.4 is 0 Å². The zero-order valence-electron chi connectivity index (χ0n) is 11.5. The van der Waals surface area contributed by atoms with E-state index in [9.17, 15) is 9.59 Å². The standard InChI is InChI=1S/C13H22Cl2O4/c1-3-13(4-2,19-12(17)6-9-15)7-10-18-11(16)5-8-14/h3-10H2,1-2H3. The van der Waals surface area contributed by atoms with Gasteiger partial charge in [0.25, 0.3) is 0 Å². The van der Waals surface area contributed by atoms with Gasteiger partial charge in [-0.1, -0.05) is 13.8 Å². The first-order chi connectivity index (χ1) is 9.03. The highest BCUT2D eigenvalue weighted by Gasteiger charge is 2.30. The van der Waals surface area contributed by atoms with Gasteiger partial charge in [-0.15, -0.1) is 23.2 Å². The molecule has 0 radical (unpaired) electrons. The molecule has 0 fully saturated rings. The van der Waals surface area contributed by atoms with Crippen LogP contribution in [0, 0.1) is 0 Å². The molecule has 0 unspecified atom stereocenters. The topological polar surface area (TPSA) is 52.6 Å². The molecule has 0 rings (SSSR count). The van der Waals surface area contributed by atoms with Crippen molar-refractivity contribution in [3.8, 4) is 0 Å². The summed E-state index contributed by atoms with van der Waals surface area (Å²) in [7, 11) is 0. The number of carbonyl (C=O) groups is 2. The molecule has 6 heteroatoms. The van der Waals surface area contributed by atoms with Gasteiger partial charge < -0.3 is 9.47 Å². The lowest BCUT2D eigenvalue weighted by Gasteiger charge is -2.31. The second-order valence-electron chi connectivity index (χ2n) is 4.21. The van der Waals surface area contributed by atoms with Gasteiger partial charge in [0.1, 0.15) is 5.60 Å². The summed E-state index contributed by atoms with van der Waals surface area (Å²) in [5, 5.41) is 0. The smallest absolute Gasteiger partial charge is 0.307 e. The fourth-order valence-electron chi connectivity index (χ4n) is 1.67. The number of halogens is 2. The van der Waals surface area contributed by atoms with Crippen LogP contribution >= 0.6 is 23.2 Å². The van der Waals surface area contributed by atoms with Gasteiger partial charge in [-0.25, -0.2) is 0 Å². The number of esters is 2. The highest BCUT2D eigenvalue weighted by Crippen LogP contribution is 2.25. The first kappa shape index (κ1) is 18.5. The number of hydrogen-bond donors (Lipinski definition) is 0. The zero-order chi connectivity index (χ0) is 14.7. The second kappa shape index (κ2) is 10.3. The lowest BCUT2D eigenvalue weighted by atomic mass is 9.93. The van der Waals surface area contributed by atoms with Gasteiger partial charge >= 0.3 is 11.9 Å². The minimum atomic E-state index is -0.579. The molecule has 0 aliphatic carbocycles. The molecule has 0 amide bonds. The van der Waals surface area contributed by atoms with E-state index < -0.39 is 5.60 Å². The van der Waals surface area contributed by atoms with Crippen LogP contribution in [0.25, 0.3) is 0 Å². The second-order valence-corrected chi connectivity index (χ2v) is 4.97. The third-order valence-corrected chi connectivity index (χ3v) is 3.41. The number of ether oxygens (including phenoxy) is 2. The van der Waals surface area contributed by atoms with E-state index in [4.69, 9.17) is 32.7 Å². The van der Waals surface area contributed by atoms with E-state index in [-0.39, 0.29) is 43.1 Å². The molecule has 0 atom stereocenters. The molecule has 0 aromatic rings. The highest BCUT2D eigenvalue weighted by molar-refractivity contribution is 6.19. The van der Waals surface area contributed by atoms with Gasteiger partial charge in [-0.2, -0.15) is 0 Å². The number of hydrogen-bond acceptors (Lipinski definition) is 4. The summed E-state index contributed by atoms with van der Waals surface area (Å²) in [6.07, 6.45) is 2.21. The highest BCUT2D eigenvalue weighted by atomic mass is 35.5. The van der Waals surface area contributed by atoms with Crippen molar-refractivity contribution in [3.63, 3.8) is 0 Å². The lowest BCUT2D eigenvalue weighted by molar-refractivity contribution is -0.163. The maximum absolute atomic E-state index is 11.5. The van der Waals surface area contributed by atoms with Crippen molar-refractivity contribution in [2.24, 2.45) is 0 Å². The molecule has 0 aromatic heterocycles. The molecule has 0 heterocycles. The van der Waals surface area contributed by atoms with Crippen molar-refractivity contribution in [1.82, 2.24) is 0 Å². The summed E-state index contributed by atoms with van der Waals surface area (Å²) in [5.41, 5.74) is -0.579. The van der Waals surface area contributed by atoms with Crippen LogP contribution in [-0.2, 0) is 19.1 Å². The van der Waals surface area contributed by atoms with E-state index in [0.717, 1.165) is 0 Å². The molecule has 112 valence electrons. The Balaban J connectivity index is 4.29. The predicted molar refractivity (Wildman–Crippen MR) is 75.7 cm³/mol. The Kier molecular flexibility index (Phi) is 10.1. The van der Waals surface area contributed by atoms with Gasteiger partial charge in [-0.3, -0.25) is 9.59 Å². The third kappa shape index (κ3) is 7.63. The molecule has 19 heavy (non-hydrogen) atoms. The first-order valence-corrected chi connectivity index (χ1v) is 7.59. The van der Waals surface area contributed by atoms with Gasteiger partial charge in [0.2, 0.25) is 0 Å². The Hall–Kier alpha value is -0.480. The summed E-state index contributed by atoms with van der Waals surface area (Å²) in [4.78, 5) is 22.7. The molecule has 0 N–H and O–H groups in total. The van der Waals surface area contributed by atoms with Crippen LogP contribution in [0.15, 0.2) is 0 Å². The van der Waals surface area contributed by atoms with Crippen molar-refractivity contribution < 1.29 is 19.1 Å². The van der Waals surface area contributed by atoms with Crippen molar-refractivity contribution in [2.45, 2.75) is 51.6 Å². The fraction of sp³-hybridized carbons (Fsp3) is 0.846. The Morgan fingerprint density at radius 1 is 1.00 bits per heavy atom. The summed E-state index contributed by atoms with van der Waals surface area (Å²) in [6.45, 7) is 4.11. The van der Waals surface area contributed by atoms with Gasteiger partial charge in [0.15, 0.2) is 0 Å². The van der Waals surface area contributed by atoms with E-state index >= 15 is 0 Å². The predicted octanol–water partition coefficient (Wildman–Crippen LogP) is 3.28. The van der Waals surface area contributed by atoms with Crippen LogP contribution in [0.3, 0.4) is 0 Å². The van der Waals surface area contributed by atoms with Crippen LogP contribution in [-0.4, -0.2) is 35.9 Å². The Bertz CT molecular complexity index is 278. The van der Waals surface area contributed by atoms with Crippen LogP contribution in [0.5, 0.6) is 0 Å². The van der Waals surface area contributed by atoms with E-state index in [0.29, 0.717) is 19.3 Å². The molecular weight excluding hydrogens is 291 g/mol. The summed E-state index contributed by atoms with van der Waals surface area (Å²) in [6, 6.07) is 0. The van der Waals surface area contributed by atoms with Gasteiger partial charge in [-0.05, 0) is 12.8 Å². The fourth-order valence-corrected chi connectivity index (χ4v) is 1.98. The van der Waals surface area contributed by atoms with E-state index in [1.165, 1.54) is 0 Å². The van der Waals surface area contributed by atoms with Crippen LogP contribution in [0.4, 0.5) is 0 Å². The van der Waals surface area contributed by atoms with Gasteiger partial charge in [0.05, 0.1) is 19.4 Å². The van der Waals surface area contributed by atoms with E-state index in [2.05, 4.69) is 0 Å². The van der Waals surface area contributed by atoms with Crippen LogP contribution in [0.1, 0.15) is 46.0 Å². The van der Waals surface area contributed by atoms with Crippen molar-refractivity contribution in [3.05, 3.63) is 0 Å². The molecule has 0 bridgehead atoms. The summed E-state index contributed by atoms with van der Waals surface area (Å²) in [5.74, 6) is -0.155. The van der Waals surface area contributed by atoms with E-state index in [1.807, 2.05) is 13.8 Å². The normalized spacial score (nSPS) is 11.2. The molecule has 0 aliphatic heterocycles. The van der Waals surface area contributed by atoms with Crippen molar-refractivity contribution in [1.29, 1.82) is 0 Å². The first-order valence-electron chi connectivity index (χ1n) is 6.53. The lowest BCUT2D eigenvalue weighted by Crippen LogP contribution is -2.35.